The van der Waals surface area contributed by atoms with Gasteiger partial charge in [0.1, 0.15) is 17.2 Å². The molecule has 7 heteroatoms. The van der Waals surface area contributed by atoms with Gasteiger partial charge in [-0.3, -0.25) is 14.9 Å². The van der Waals surface area contributed by atoms with Crippen LogP contribution in [0.2, 0.25) is 0 Å². The van der Waals surface area contributed by atoms with E-state index in [2.05, 4.69) is 12.2 Å². The molecule has 180 valence electrons. The lowest BCUT2D eigenvalue weighted by Crippen LogP contribution is -2.38. The number of benzene rings is 3. The highest BCUT2D eigenvalue weighted by Crippen LogP contribution is 2.30. The maximum Gasteiger partial charge on any atom is 0.415 e. The van der Waals surface area contributed by atoms with Crippen molar-refractivity contribution in [2.75, 3.05) is 7.11 Å². The van der Waals surface area contributed by atoms with Crippen molar-refractivity contribution in [3.05, 3.63) is 89.0 Å². The van der Waals surface area contributed by atoms with Crippen LogP contribution in [0.5, 0.6) is 17.2 Å². The fourth-order valence-corrected chi connectivity index (χ4v) is 4.05. The van der Waals surface area contributed by atoms with Crippen LogP contribution in [0.3, 0.4) is 0 Å². The zero-order valence-corrected chi connectivity index (χ0v) is 19.9. The van der Waals surface area contributed by atoms with Gasteiger partial charge in [-0.05, 0) is 79.1 Å². The Bertz CT molecular complexity index is 1270. The van der Waals surface area contributed by atoms with Gasteiger partial charge in [-0.15, -0.1) is 0 Å². The van der Waals surface area contributed by atoms with E-state index < -0.39 is 17.6 Å². The molecule has 1 fully saturated rings. The number of hydrogen-bond acceptors (Lipinski definition) is 6. The number of carbonyl (C=O) groups excluding carboxylic acids is 3. The van der Waals surface area contributed by atoms with E-state index in [1.165, 1.54) is 0 Å². The van der Waals surface area contributed by atoms with Crippen molar-refractivity contribution in [3.8, 4) is 17.2 Å². The van der Waals surface area contributed by atoms with Gasteiger partial charge in [0.25, 0.3) is 5.91 Å². The fourth-order valence-electron chi connectivity index (χ4n) is 4.05. The molecule has 1 saturated heterocycles. The molecule has 1 aliphatic rings. The van der Waals surface area contributed by atoms with E-state index in [1.54, 1.807) is 44.4 Å². The molecule has 0 aromatic heterocycles. The monoisotopic (exact) mass is 473 g/mol. The molecule has 1 heterocycles. The van der Waals surface area contributed by atoms with E-state index in [1.807, 2.05) is 36.4 Å². The first-order valence-corrected chi connectivity index (χ1v) is 11.4. The zero-order valence-electron chi connectivity index (χ0n) is 19.9. The Hall–Kier alpha value is -4.13. The first-order valence-electron chi connectivity index (χ1n) is 11.4. The zero-order chi connectivity index (χ0) is 25.0. The van der Waals surface area contributed by atoms with Crippen LogP contribution < -0.4 is 14.8 Å². The number of amides is 2. The molecule has 0 unspecified atom stereocenters. The van der Waals surface area contributed by atoms with Gasteiger partial charge in [-0.2, -0.15) is 0 Å². The van der Waals surface area contributed by atoms with Crippen LogP contribution in [0.25, 0.3) is 0 Å². The van der Waals surface area contributed by atoms with Crippen molar-refractivity contribution < 1.29 is 28.6 Å². The maximum atomic E-state index is 13.0. The van der Waals surface area contributed by atoms with E-state index in [0.29, 0.717) is 28.4 Å². The minimum Gasteiger partial charge on any atom is -0.497 e. The third-order valence-corrected chi connectivity index (χ3v) is 5.88. The minimum absolute atomic E-state index is 0.0730. The number of aryl methyl sites for hydroxylation is 1. The second kappa shape index (κ2) is 10.0. The fraction of sp³-hybridized carbons (Fsp3) is 0.250. The molecular weight excluding hydrogens is 446 g/mol. The summed E-state index contributed by atoms with van der Waals surface area (Å²) in [5, 5.41) is 2.17. The normalized spacial score (nSPS) is 17.0. The summed E-state index contributed by atoms with van der Waals surface area (Å²) in [5.74, 6) is 1.40. The smallest absolute Gasteiger partial charge is 0.415 e. The van der Waals surface area contributed by atoms with Crippen LogP contribution in [0, 0.1) is 0 Å². The van der Waals surface area contributed by atoms with Crippen LogP contribution in [0.15, 0.2) is 66.7 Å². The lowest BCUT2D eigenvalue weighted by atomic mass is 9.96. The summed E-state index contributed by atoms with van der Waals surface area (Å²) >= 11 is 0. The summed E-state index contributed by atoms with van der Waals surface area (Å²) in [6.45, 7) is 3.65. The van der Waals surface area contributed by atoms with Crippen molar-refractivity contribution >= 4 is 17.8 Å². The molecule has 1 N–H and O–H groups in total. The molecule has 0 radical (unpaired) electrons. The Morgan fingerprint density at radius 1 is 0.971 bits per heavy atom. The summed E-state index contributed by atoms with van der Waals surface area (Å²) in [7, 11) is 1.59. The Kier molecular flexibility index (Phi) is 6.87. The second-order valence-electron chi connectivity index (χ2n) is 8.63. The highest BCUT2D eigenvalue weighted by atomic mass is 16.6. The van der Waals surface area contributed by atoms with Gasteiger partial charge in [0.15, 0.2) is 11.4 Å². The highest BCUT2D eigenvalue weighted by Gasteiger charge is 2.44. The molecule has 2 amide bonds. The average Bonchev–Trinajstić information content (AvgIpc) is 3.10. The Labute approximate surface area is 204 Å². The van der Waals surface area contributed by atoms with E-state index in [4.69, 9.17) is 14.2 Å². The van der Waals surface area contributed by atoms with Gasteiger partial charge in [0.05, 0.1) is 7.11 Å². The van der Waals surface area contributed by atoms with Gasteiger partial charge in [-0.25, -0.2) is 4.79 Å². The van der Waals surface area contributed by atoms with Gasteiger partial charge in [-0.1, -0.05) is 25.5 Å². The van der Waals surface area contributed by atoms with Crippen molar-refractivity contribution in [1.82, 2.24) is 5.32 Å². The molecule has 4 rings (SSSR count). The lowest BCUT2D eigenvalue weighted by Gasteiger charge is -2.19. The third kappa shape index (κ3) is 5.35. The molecule has 7 nitrogen and oxygen atoms in total. The molecule has 1 aliphatic heterocycles. The van der Waals surface area contributed by atoms with E-state index in [-0.39, 0.29) is 12.2 Å². The van der Waals surface area contributed by atoms with Crippen molar-refractivity contribution in [1.29, 1.82) is 0 Å². The van der Waals surface area contributed by atoms with Crippen LogP contribution in [-0.4, -0.2) is 30.5 Å². The molecule has 0 aliphatic carbocycles. The lowest BCUT2D eigenvalue weighted by molar-refractivity contribution is -0.129. The van der Waals surface area contributed by atoms with Crippen LogP contribution in [-0.2, 0) is 22.4 Å². The highest BCUT2D eigenvalue weighted by molar-refractivity contribution is 6.09. The Balaban J connectivity index is 1.55. The van der Waals surface area contributed by atoms with E-state index in [0.717, 1.165) is 24.0 Å². The van der Waals surface area contributed by atoms with Gasteiger partial charge in [0.2, 0.25) is 0 Å². The van der Waals surface area contributed by atoms with Crippen LogP contribution >= 0.6 is 0 Å². The topological polar surface area (TPSA) is 90.9 Å². The molecule has 0 saturated carbocycles. The summed E-state index contributed by atoms with van der Waals surface area (Å²) in [6, 6.07) is 19.8. The summed E-state index contributed by atoms with van der Waals surface area (Å²) in [4.78, 5) is 36.6. The van der Waals surface area contributed by atoms with Crippen molar-refractivity contribution in [3.63, 3.8) is 0 Å². The third-order valence-electron chi connectivity index (χ3n) is 5.88. The molecular formula is C28H27NO6. The van der Waals surface area contributed by atoms with Crippen molar-refractivity contribution in [2.45, 2.75) is 38.7 Å². The Morgan fingerprint density at radius 3 is 2.37 bits per heavy atom. The molecule has 1 atom stereocenters. The molecule has 3 aromatic carbocycles. The summed E-state index contributed by atoms with van der Waals surface area (Å²) < 4.78 is 16.5. The Morgan fingerprint density at radius 2 is 1.71 bits per heavy atom. The number of alkyl carbamates (subject to hydrolysis) is 1. The molecule has 3 aromatic rings. The number of ketones is 1. The SMILES string of the molecule is CCCc1cc(C(=O)c2ccc(OC)cc2)ccc1Oc1cccc(C[C@@]2(C)OC(=O)NC2=O)c1. The summed E-state index contributed by atoms with van der Waals surface area (Å²) in [6.07, 6.45) is 1.11. The number of nitrogens with one attached hydrogen (secondary N) is 1. The maximum absolute atomic E-state index is 13.0. The first-order chi connectivity index (χ1) is 16.8. The van der Waals surface area contributed by atoms with Crippen molar-refractivity contribution in [2.24, 2.45) is 0 Å². The molecule has 0 bridgehead atoms. The number of rotatable bonds is 9. The predicted molar refractivity (Wildman–Crippen MR) is 130 cm³/mol. The number of carbonyl (C=O) groups is 3. The molecule has 35 heavy (non-hydrogen) atoms. The van der Waals surface area contributed by atoms with E-state index >= 15 is 0 Å². The van der Waals surface area contributed by atoms with Gasteiger partial charge >= 0.3 is 6.09 Å². The van der Waals surface area contributed by atoms with Crippen LogP contribution in [0.1, 0.15) is 47.3 Å². The predicted octanol–water partition coefficient (Wildman–Crippen LogP) is 5.24. The number of ether oxygens (including phenoxy) is 3. The average molecular weight is 474 g/mol. The molecule has 0 spiro atoms. The van der Waals surface area contributed by atoms with Gasteiger partial charge in [0, 0.05) is 17.5 Å². The number of imide groups is 1. The van der Waals surface area contributed by atoms with Gasteiger partial charge < -0.3 is 14.2 Å². The number of cyclic esters (lactones) is 1. The van der Waals surface area contributed by atoms with E-state index in [9.17, 15) is 14.4 Å². The minimum atomic E-state index is -1.26. The summed E-state index contributed by atoms with van der Waals surface area (Å²) in [5.41, 5.74) is 1.63. The number of hydrogen-bond donors (Lipinski definition) is 1. The standard InChI is InChI=1S/C28H27NO6/c1-4-6-20-16-21(25(30)19-9-12-22(33-3)13-10-19)11-14-24(20)34-23-8-5-7-18(15-23)17-28(2)26(31)29-27(32)35-28/h5,7-16H,4,6,17H2,1-3H3,(H,29,31,32)/t28-/m1/s1. The quantitative estimate of drug-likeness (QED) is 0.428. The number of methoxy groups -OCH3 is 1. The largest absolute Gasteiger partial charge is 0.497 e. The first kappa shape index (κ1) is 24.0. The second-order valence-corrected chi connectivity index (χ2v) is 8.63. The van der Waals surface area contributed by atoms with Crippen LogP contribution in [0.4, 0.5) is 4.79 Å².